The first-order valence-corrected chi connectivity index (χ1v) is 9.53. The maximum Gasteiger partial charge on any atom is 0.255 e. The first-order valence-electron chi connectivity index (χ1n) is 9.53. The van der Waals surface area contributed by atoms with Gasteiger partial charge < -0.3 is 30.6 Å². The van der Waals surface area contributed by atoms with Gasteiger partial charge in [-0.2, -0.15) is 0 Å². The maximum absolute atomic E-state index is 10.9. The number of hydrogen-bond donors (Lipinski definition) is 4. The molecular weight excluding hydrogens is 372 g/mol. The summed E-state index contributed by atoms with van der Waals surface area (Å²) in [6.45, 7) is 8.57. The van der Waals surface area contributed by atoms with Gasteiger partial charge in [-0.15, -0.1) is 0 Å². The molecule has 8 heteroatoms. The average Bonchev–Trinajstić information content (AvgIpc) is 3.02. The van der Waals surface area contributed by atoms with Crippen LogP contribution in [0, 0.1) is 13.8 Å². The third-order valence-corrected chi connectivity index (χ3v) is 4.26. The van der Waals surface area contributed by atoms with Crippen molar-refractivity contribution in [2.45, 2.75) is 39.8 Å². The molecule has 1 atom stereocenters. The second-order valence-electron chi connectivity index (χ2n) is 7.05. The minimum atomic E-state index is -1.11. The molecule has 0 spiro atoms. The third-order valence-electron chi connectivity index (χ3n) is 4.26. The molecule has 0 aliphatic rings. The van der Waals surface area contributed by atoms with Crippen molar-refractivity contribution in [1.82, 2.24) is 10.6 Å². The first-order chi connectivity index (χ1) is 13.7. The van der Waals surface area contributed by atoms with Crippen molar-refractivity contribution in [3.8, 4) is 5.75 Å². The molecule has 0 radical (unpaired) electrons. The summed E-state index contributed by atoms with van der Waals surface area (Å²) < 4.78 is 10.9. The lowest BCUT2D eigenvalue weighted by Gasteiger charge is -2.24. The van der Waals surface area contributed by atoms with Crippen molar-refractivity contribution in [2.24, 2.45) is 10.7 Å². The standard InChI is InChI=1S/C21H30N4O4/c1-5-23-20(25-13-21(4,27)18-9-14(2)29-15(18)3)24-11-16-7-6-8-17(10-16)28-12-19(22)26/h6-10,27H,5,11-13H2,1-4H3,(H2,22,26)(H2,23,24,25). The van der Waals surface area contributed by atoms with E-state index < -0.39 is 11.5 Å². The number of aliphatic hydroxyl groups is 1. The molecule has 1 aromatic heterocycles. The number of benzene rings is 1. The molecule has 5 N–H and O–H groups in total. The highest BCUT2D eigenvalue weighted by Crippen LogP contribution is 2.26. The summed E-state index contributed by atoms with van der Waals surface area (Å²) in [7, 11) is 0. The summed E-state index contributed by atoms with van der Waals surface area (Å²) in [5.41, 5.74) is 5.65. The summed E-state index contributed by atoms with van der Waals surface area (Å²) in [6, 6.07) is 9.16. The predicted molar refractivity (Wildman–Crippen MR) is 112 cm³/mol. The summed E-state index contributed by atoms with van der Waals surface area (Å²) in [5.74, 6) is 2.07. The second kappa shape index (κ2) is 9.97. The zero-order valence-electron chi connectivity index (χ0n) is 17.4. The van der Waals surface area contributed by atoms with Gasteiger partial charge in [-0.25, -0.2) is 4.99 Å². The number of aliphatic imine (C=N–C) groups is 1. The molecule has 0 bridgehead atoms. The number of primary amides is 1. The number of hydrogen-bond acceptors (Lipinski definition) is 5. The molecule has 0 saturated heterocycles. The van der Waals surface area contributed by atoms with Crippen molar-refractivity contribution >= 4 is 11.9 Å². The van der Waals surface area contributed by atoms with Gasteiger partial charge in [0, 0.05) is 12.1 Å². The smallest absolute Gasteiger partial charge is 0.255 e. The van der Waals surface area contributed by atoms with Crippen LogP contribution >= 0.6 is 0 Å². The van der Waals surface area contributed by atoms with Crippen LogP contribution in [0.1, 0.15) is 36.5 Å². The summed E-state index contributed by atoms with van der Waals surface area (Å²) in [6.07, 6.45) is 0. The quantitative estimate of drug-likeness (QED) is 0.374. The van der Waals surface area contributed by atoms with Crippen molar-refractivity contribution in [3.63, 3.8) is 0 Å². The lowest BCUT2D eigenvalue weighted by Crippen LogP contribution is -2.44. The molecule has 0 saturated carbocycles. The second-order valence-corrected chi connectivity index (χ2v) is 7.05. The molecule has 2 aromatic rings. The van der Waals surface area contributed by atoms with Crippen molar-refractivity contribution < 1.29 is 19.1 Å². The van der Waals surface area contributed by atoms with Crippen LogP contribution in [0.15, 0.2) is 39.7 Å². The van der Waals surface area contributed by atoms with E-state index in [2.05, 4.69) is 15.6 Å². The van der Waals surface area contributed by atoms with E-state index in [4.69, 9.17) is 14.9 Å². The van der Waals surface area contributed by atoms with Gasteiger partial charge in [0.05, 0.1) is 13.1 Å². The van der Waals surface area contributed by atoms with Crippen LogP contribution in [-0.4, -0.2) is 36.7 Å². The van der Waals surface area contributed by atoms with Crippen LogP contribution in [0.25, 0.3) is 0 Å². The Bertz CT molecular complexity index is 858. The molecule has 158 valence electrons. The fourth-order valence-electron chi connectivity index (χ4n) is 2.92. The minimum Gasteiger partial charge on any atom is -0.484 e. The average molecular weight is 402 g/mol. The predicted octanol–water partition coefficient (Wildman–Crippen LogP) is 1.72. The van der Waals surface area contributed by atoms with E-state index in [1.54, 1.807) is 13.0 Å². The molecule has 1 amide bonds. The number of nitrogens with zero attached hydrogens (tertiary/aromatic N) is 1. The zero-order chi connectivity index (χ0) is 21.4. The summed E-state index contributed by atoms with van der Waals surface area (Å²) in [5, 5.41) is 17.2. The van der Waals surface area contributed by atoms with E-state index >= 15 is 0 Å². The van der Waals surface area contributed by atoms with Crippen LogP contribution in [0.4, 0.5) is 0 Å². The fraction of sp³-hybridized carbons (Fsp3) is 0.429. The monoisotopic (exact) mass is 402 g/mol. The number of carbonyl (C=O) groups excluding carboxylic acids is 1. The van der Waals surface area contributed by atoms with Crippen LogP contribution in [0.5, 0.6) is 5.75 Å². The molecule has 0 aliphatic heterocycles. The number of carbonyl (C=O) groups is 1. The van der Waals surface area contributed by atoms with Gasteiger partial charge in [-0.05, 0) is 51.5 Å². The summed E-state index contributed by atoms with van der Waals surface area (Å²) >= 11 is 0. The highest BCUT2D eigenvalue weighted by atomic mass is 16.5. The van der Waals surface area contributed by atoms with Crippen molar-refractivity contribution in [3.05, 3.63) is 53.0 Å². The van der Waals surface area contributed by atoms with Gasteiger partial charge >= 0.3 is 0 Å². The Hall–Kier alpha value is -3.00. The number of nitrogens with one attached hydrogen (secondary N) is 2. The number of nitrogens with two attached hydrogens (primary N) is 1. The number of aryl methyl sites for hydroxylation is 2. The van der Waals surface area contributed by atoms with E-state index in [9.17, 15) is 9.90 Å². The largest absolute Gasteiger partial charge is 0.484 e. The number of guanidine groups is 1. The van der Waals surface area contributed by atoms with E-state index in [-0.39, 0.29) is 13.2 Å². The Morgan fingerprint density at radius 2 is 2.07 bits per heavy atom. The Morgan fingerprint density at radius 3 is 2.69 bits per heavy atom. The molecule has 1 aromatic carbocycles. The Morgan fingerprint density at radius 1 is 1.31 bits per heavy atom. The Balaban J connectivity index is 2.03. The van der Waals surface area contributed by atoms with Gasteiger partial charge in [-0.3, -0.25) is 4.79 Å². The maximum atomic E-state index is 10.9. The third kappa shape index (κ3) is 6.83. The van der Waals surface area contributed by atoms with Crippen LogP contribution < -0.4 is 21.1 Å². The van der Waals surface area contributed by atoms with Crippen molar-refractivity contribution in [1.29, 1.82) is 0 Å². The molecule has 29 heavy (non-hydrogen) atoms. The van der Waals surface area contributed by atoms with Crippen LogP contribution in [0.3, 0.4) is 0 Å². The highest BCUT2D eigenvalue weighted by Gasteiger charge is 2.27. The van der Waals surface area contributed by atoms with Gasteiger partial charge in [0.2, 0.25) is 0 Å². The van der Waals surface area contributed by atoms with Gasteiger partial charge in [0.25, 0.3) is 5.91 Å². The van der Waals surface area contributed by atoms with Crippen LogP contribution in [-0.2, 0) is 16.9 Å². The van der Waals surface area contributed by atoms with E-state index in [0.29, 0.717) is 30.6 Å². The number of rotatable bonds is 9. The first kappa shape index (κ1) is 22.3. The van der Waals surface area contributed by atoms with Crippen LogP contribution in [0.2, 0.25) is 0 Å². The number of ether oxygens (including phenoxy) is 1. The van der Waals surface area contributed by atoms with Gasteiger partial charge in [-0.1, -0.05) is 12.1 Å². The molecule has 0 fully saturated rings. The van der Waals surface area contributed by atoms with E-state index in [1.165, 1.54) is 0 Å². The molecular formula is C21H30N4O4. The summed E-state index contributed by atoms with van der Waals surface area (Å²) in [4.78, 5) is 15.4. The zero-order valence-corrected chi connectivity index (χ0v) is 17.4. The molecule has 0 aliphatic carbocycles. The Kier molecular flexibility index (Phi) is 7.67. The van der Waals surface area contributed by atoms with Gasteiger partial charge in [0.15, 0.2) is 12.6 Å². The Labute approximate surface area is 171 Å². The normalized spacial score (nSPS) is 13.6. The lowest BCUT2D eigenvalue weighted by molar-refractivity contribution is -0.119. The SMILES string of the molecule is CCNC(=NCc1cccc(OCC(N)=O)c1)NCC(C)(O)c1cc(C)oc1C. The van der Waals surface area contributed by atoms with E-state index in [1.807, 2.05) is 45.0 Å². The number of furan rings is 1. The lowest BCUT2D eigenvalue weighted by atomic mass is 9.96. The fourth-order valence-corrected chi connectivity index (χ4v) is 2.92. The molecule has 8 nitrogen and oxygen atoms in total. The molecule has 1 unspecified atom stereocenters. The molecule has 1 heterocycles. The van der Waals surface area contributed by atoms with Crippen molar-refractivity contribution in [2.75, 3.05) is 19.7 Å². The number of amides is 1. The molecule has 2 rings (SSSR count). The minimum absolute atomic E-state index is 0.168. The van der Waals surface area contributed by atoms with E-state index in [0.717, 1.165) is 16.9 Å². The highest BCUT2D eigenvalue weighted by molar-refractivity contribution is 5.79. The topological polar surface area (TPSA) is 122 Å². The van der Waals surface area contributed by atoms with Gasteiger partial charge in [0.1, 0.15) is 22.9 Å².